The Hall–Kier alpha value is -1.68. The van der Waals surface area contributed by atoms with Crippen LogP contribution in [0.5, 0.6) is 0 Å². The molecule has 6 heteroatoms. The number of nitrogens with one attached hydrogen (secondary N) is 1. The van der Waals surface area contributed by atoms with Gasteiger partial charge in [0.25, 0.3) is 0 Å². The number of nitrogens with zero attached hydrogens (tertiary/aromatic N) is 1. The molecule has 0 fully saturated rings. The van der Waals surface area contributed by atoms with E-state index in [4.69, 9.17) is 11.0 Å². The minimum Gasteiger partial charge on any atom is -0.385 e. The van der Waals surface area contributed by atoms with Gasteiger partial charge in [0.15, 0.2) is 11.2 Å². The summed E-state index contributed by atoms with van der Waals surface area (Å²) in [4.78, 5) is 0. The summed E-state index contributed by atoms with van der Waals surface area (Å²) >= 11 is 4.66. The lowest BCUT2D eigenvalue weighted by Crippen LogP contribution is -2.20. The van der Waals surface area contributed by atoms with Crippen LogP contribution in [0.3, 0.4) is 0 Å². The van der Waals surface area contributed by atoms with Gasteiger partial charge in [-0.3, -0.25) is 0 Å². The predicted molar refractivity (Wildman–Crippen MR) is 63.4 cm³/mol. The molecule has 0 saturated heterocycles. The van der Waals surface area contributed by atoms with Crippen LogP contribution in [0, 0.1) is 11.3 Å². The second-order valence-corrected chi connectivity index (χ2v) is 3.57. The van der Waals surface area contributed by atoms with Gasteiger partial charge in [0.2, 0.25) is 0 Å². The van der Waals surface area contributed by atoms with Crippen molar-refractivity contribution < 1.29 is 10.2 Å². The molecule has 16 heavy (non-hydrogen) atoms. The lowest BCUT2D eigenvalue weighted by molar-refractivity contribution is 0.0528. The van der Waals surface area contributed by atoms with Crippen LogP contribution in [0.1, 0.15) is 11.7 Å². The summed E-state index contributed by atoms with van der Waals surface area (Å²) in [5.41, 5.74) is 6.30. The van der Waals surface area contributed by atoms with Crippen LogP contribution in [0.15, 0.2) is 24.3 Å². The standard InChI is InChI=1S/C10H11N3O2S/c11-5-8(14)9(15)6-2-1-3-7(4-6)13-10(12)16/h1-4,8-9,14-15H,(H3,12,13,16). The van der Waals surface area contributed by atoms with E-state index in [0.717, 1.165) is 0 Å². The number of benzene rings is 1. The van der Waals surface area contributed by atoms with Gasteiger partial charge in [0.1, 0.15) is 6.10 Å². The van der Waals surface area contributed by atoms with Crippen molar-refractivity contribution in [2.75, 3.05) is 5.32 Å². The largest absolute Gasteiger partial charge is 0.385 e. The summed E-state index contributed by atoms with van der Waals surface area (Å²) in [6.07, 6.45) is -2.71. The summed E-state index contributed by atoms with van der Waals surface area (Å²) in [6.45, 7) is 0. The van der Waals surface area contributed by atoms with Gasteiger partial charge in [-0.15, -0.1) is 0 Å². The van der Waals surface area contributed by atoms with E-state index < -0.39 is 12.2 Å². The van der Waals surface area contributed by atoms with Crippen molar-refractivity contribution in [3.05, 3.63) is 29.8 Å². The van der Waals surface area contributed by atoms with Gasteiger partial charge in [-0.1, -0.05) is 12.1 Å². The first-order valence-electron chi connectivity index (χ1n) is 4.46. The van der Waals surface area contributed by atoms with Gasteiger partial charge in [-0.25, -0.2) is 0 Å². The normalized spacial score (nSPS) is 13.6. The molecule has 1 aromatic rings. The molecule has 84 valence electrons. The molecular weight excluding hydrogens is 226 g/mol. The third-order valence-corrected chi connectivity index (χ3v) is 2.03. The van der Waals surface area contributed by atoms with Crippen molar-refractivity contribution in [1.29, 1.82) is 5.26 Å². The Morgan fingerprint density at radius 2 is 2.19 bits per heavy atom. The summed E-state index contributed by atoms with van der Waals surface area (Å²) in [7, 11) is 0. The fourth-order valence-electron chi connectivity index (χ4n) is 1.20. The Bertz CT molecular complexity index is 430. The van der Waals surface area contributed by atoms with Crippen LogP contribution in [-0.2, 0) is 0 Å². The van der Waals surface area contributed by atoms with Crippen LogP contribution in [0.4, 0.5) is 5.69 Å². The minimum atomic E-state index is -1.46. The van der Waals surface area contributed by atoms with Crippen molar-refractivity contribution in [3.8, 4) is 6.07 Å². The molecule has 0 saturated carbocycles. The van der Waals surface area contributed by atoms with Gasteiger partial charge < -0.3 is 21.3 Å². The number of anilines is 1. The molecule has 0 aliphatic rings. The molecular formula is C10H11N3O2S. The third kappa shape index (κ3) is 3.17. The first kappa shape index (κ1) is 12.4. The molecule has 0 heterocycles. The van der Waals surface area contributed by atoms with Crippen LogP contribution in [0.25, 0.3) is 0 Å². The Balaban J connectivity index is 2.90. The molecule has 1 aromatic carbocycles. The number of rotatable bonds is 3. The van der Waals surface area contributed by atoms with E-state index in [2.05, 4.69) is 17.5 Å². The highest BCUT2D eigenvalue weighted by molar-refractivity contribution is 7.80. The summed E-state index contributed by atoms with van der Waals surface area (Å²) in [5.74, 6) is 0. The smallest absolute Gasteiger partial charge is 0.170 e. The Morgan fingerprint density at radius 1 is 1.50 bits per heavy atom. The van der Waals surface area contributed by atoms with E-state index in [-0.39, 0.29) is 5.11 Å². The van der Waals surface area contributed by atoms with Crippen LogP contribution >= 0.6 is 12.2 Å². The van der Waals surface area contributed by atoms with Crippen molar-refractivity contribution in [1.82, 2.24) is 0 Å². The van der Waals surface area contributed by atoms with Gasteiger partial charge in [0.05, 0.1) is 6.07 Å². The van der Waals surface area contributed by atoms with E-state index in [0.29, 0.717) is 11.3 Å². The quantitative estimate of drug-likeness (QED) is 0.444. The molecule has 0 radical (unpaired) electrons. The molecule has 0 aliphatic carbocycles. The van der Waals surface area contributed by atoms with Crippen molar-refractivity contribution >= 4 is 23.0 Å². The van der Waals surface area contributed by atoms with Crippen LogP contribution < -0.4 is 11.1 Å². The number of hydrogen-bond donors (Lipinski definition) is 4. The number of hydrogen-bond acceptors (Lipinski definition) is 4. The summed E-state index contributed by atoms with van der Waals surface area (Å²) in [6, 6.07) is 8.07. The fourth-order valence-corrected chi connectivity index (χ4v) is 1.31. The summed E-state index contributed by atoms with van der Waals surface area (Å²) in [5, 5.41) is 30.0. The van der Waals surface area contributed by atoms with Gasteiger partial charge in [0, 0.05) is 5.69 Å². The zero-order chi connectivity index (χ0) is 12.1. The Kier molecular flexibility index (Phi) is 4.19. The second kappa shape index (κ2) is 5.42. The Labute approximate surface area is 98.1 Å². The molecule has 0 bridgehead atoms. The third-order valence-electron chi connectivity index (χ3n) is 1.93. The molecule has 5 nitrogen and oxygen atoms in total. The number of aliphatic hydroxyl groups is 2. The zero-order valence-corrected chi connectivity index (χ0v) is 9.11. The zero-order valence-electron chi connectivity index (χ0n) is 8.29. The van der Waals surface area contributed by atoms with Gasteiger partial charge in [-0.05, 0) is 29.9 Å². The number of thiocarbonyl (C=S) groups is 1. The van der Waals surface area contributed by atoms with Crippen molar-refractivity contribution in [3.63, 3.8) is 0 Å². The van der Waals surface area contributed by atoms with Gasteiger partial charge in [-0.2, -0.15) is 5.26 Å². The molecule has 5 N–H and O–H groups in total. The Morgan fingerprint density at radius 3 is 2.75 bits per heavy atom. The molecule has 1 rings (SSSR count). The predicted octanol–water partition coefficient (Wildman–Crippen LogP) is 0.260. The molecule has 2 unspecified atom stereocenters. The van der Waals surface area contributed by atoms with Crippen molar-refractivity contribution in [2.24, 2.45) is 5.73 Å². The minimum absolute atomic E-state index is 0.104. The first-order valence-corrected chi connectivity index (χ1v) is 4.87. The maximum Gasteiger partial charge on any atom is 0.170 e. The molecule has 0 amide bonds. The molecule has 0 spiro atoms. The lowest BCUT2D eigenvalue weighted by Gasteiger charge is -2.13. The highest BCUT2D eigenvalue weighted by atomic mass is 32.1. The van der Waals surface area contributed by atoms with E-state index in [1.807, 2.05) is 0 Å². The molecule has 2 atom stereocenters. The highest BCUT2D eigenvalue weighted by Gasteiger charge is 2.17. The number of aliphatic hydroxyl groups excluding tert-OH is 2. The lowest BCUT2D eigenvalue weighted by atomic mass is 10.0. The van der Waals surface area contributed by atoms with Crippen molar-refractivity contribution in [2.45, 2.75) is 12.2 Å². The molecule has 0 aromatic heterocycles. The highest BCUT2D eigenvalue weighted by Crippen LogP contribution is 2.20. The maximum absolute atomic E-state index is 9.58. The van der Waals surface area contributed by atoms with E-state index in [1.165, 1.54) is 0 Å². The number of nitriles is 1. The fraction of sp³-hybridized carbons (Fsp3) is 0.200. The topological polar surface area (TPSA) is 102 Å². The average Bonchev–Trinajstić information content (AvgIpc) is 2.26. The SMILES string of the molecule is N#CC(O)C(O)c1cccc(NC(N)=S)c1. The van der Waals surface area contributed by atoms with E-state index in [1.54, 1.807) is 30.3 Å². The first-order chi connectivity index (χ1) is 7.54. The van der Waals surface area contributed by atoms with Gasteiger partial charge >= 0.3 is 0 Å². The van der Waals surface area contributed by atoms with E-state index in [9.17, 15) is 10.2 Å². The monoisotopic (exact) mass is 237 g/mol. The summed E-state index contributed by atoms with van der Waals surface area (Å²) < 4.78 is 0. The van der Waals surface area contributed by atoms with Crippen LogP contribution in [0.2, 0.25) is 0 Å². The van der Waals surface area contributed by atoms with E-state index >= 15 is 0 Å². The second-order valence-electron chi connectivity index (χ2n) is 3.13. The number of nitrogens with two attached hydrogens (primary N) is 1. The van der Waals surface area contributed by atoms with Crippen LogP contribution in [-0.4, -0.2) is 21.4 Å². The maximum atomic E-state index is 9.58. The molecule has 0 aliphatic heterocycles. The average molecular weight is 237 g/mol.